The van der Waals surface area contributed by atoms with Crippen molar-refractivity contribution >= 4 is 26.0 Å². The first-order valence-corrected chi connectivity index (χ1v) is 40.0. The van der Waals surface area contributed by atoms with E-state index in [2.05, 4.69) is 69.2 Å². The first-order chi connectivity index (χ1) is 42.9. The van der Waals surface area contributed by atoms with E-state index in [-0.39, 0.29) is 115 Å². The predicted octanol–water partition coefficient (Wildman–Crippen LogP) is 8.44. The van der Waals surface area contributed by atoms with Crippen LogP contribution in [0.15, 0.2) is 0 Å². The van der Waals surface area contributed by atoms with Crippen molar-refractivity contribution in [1.82, 2.24) is 8.61 Å². The fraction of sp³-hybridized carbons (Fsp3) is 0.986. The Bertz CT molecular complexity index is 3120. The molecule has 0 aromatic heterocycles. The Balaban J connectivity index is 0.000000170. The first-order valence-electron chi connectivity index (χ1n) is 36.3. The van der Waals surface area contributed by atoms with Crippen LogP contribution in [0.5, 0.6) is 0 Å². The van der Waals surface area contributed by atoms with E-state index in [1.165, 1.54) is 53.7 Å². The highest BCUT2D eigenvalue weighted by atomic mass is 32.2. The number of hydrogen-bond acceptors (Lipinski definition) is 17. The third-order valence-electron chi connectivity index (χ3n) is 31.5. The normalized spacial score (nSPS) is 51.9. The number of aliphatic hydroxyl groups is 5. The molecule has 0 bridgehead atoms. The Morgan fingerprint density at radius 1 is 0.559 bits per heavy atom. The van der Waals surface area contributed by atoms with Crippen LogP contribution in [0.2, 0.25) is 0 Å². The number of carbonyl (C=O) groups excluding carboxylic acids is 1. The van der Waals surface area contributed by atoms with Crippen molar-refractivity contribution in [3.05, 3.63) is 0 Å². The van der Waals surface area contributed by atoms with Gasteiger partial charge in [0.1, 0.15) is 6.10 Å². The zero-order chi connectivity index (χ0) is 67.8. The van der Waals surface area contributed by atoms with Crippen molar-refractivity contribution in [1.29, 1.82) is 0 Å². The Labute approximate surface area is 557 Å². The zero-order valence-electron chi connectivity index (χ0n) is 59.4. The van der Waals surface area contributed by atoms with Crippen LogP contribution in [0.25, 0.3) is 0 Å². The highest BCUT2D eigenvalue weighted by molar-refractivity contribution is 7.88. The number of aliphatic hydroxyl groups excluding tert-OH is 3. The minimum atomic E-state index is -3.30. The van der Waals surface area contributed by atoms with Gasteiger partial charge >= 0.3 is 5.97 Å². The number of fused-ring (bicyclic) bond motifs is 8. The van der Waals surface area contributed by atoms with Crippen LogP contribution in [-0.4, -0.2) is 194 Å². The lowest BCUT2D eigenvalue weighted by atomic mass is 9.41. The van der Waals surface area contributed by atoms with E-state index in [9.17, 15) is 47.2 Å². The second kappa shape index (κ2) is 22.4. The minimum absolute atomic E-state index is 0.00426. The summed E-state index contributed by atoms with van der Waals surface area (Å²) >= 11 is 0. The predicted molar refractivity (Wildman–Crippen MR) is 348 cm³/mol. The van der Waals surface area contributed by atoms with Gasteiger partial charge in [-0.3, -0.25) is 4.79 Å². The lowest BCUT2D eigenvalue weighted by molar-refractivity contribution is -0.243. The summed E-state index contributed by atoms with van der Waals surface area (Å²) in [4.78, 5) is 12.1. The summed E-state index contributed by atoms with van der Waals surface area (Å²) < 4.78 is 96.3. The highest BCUT2D eigenvalue weighted by Crippen LogP contribution is 2.91. The fourth-order valence-electron chi connectivity index (χ4n) is 27.1. The molecule has 10 unspecified atom stereocenters. The summed E-state index contributed by atoms with van der Waals surface area (Å²) in [6.45, 7) is 33.5. The summed E-state index contributed by atoms with van der Waals surface area (Å²) in [5.41, 5.74) is -2.63. The van der Waals surface area contributed by atoms with Crippen molar-refractivity contribution in [3.8, 4) is 0 Å². The molecule has 10 saturated carbocycles. The average Bonchev–Trinajstić information content (AvgIpc) is 1.47. The average molecular weight is 1350 g/mol. The molecule has 28 atom stereocenters. The Kier molecular flexibility index (Phi) is 16.9. The summed E-state index contributed by atoms with van der Waals surface area (Å²) in [7, 11) is -6.60. The third kappa shape index (κ3) is 10.1. The van der Waals surface area contributed by atoms with Gasteiger partial charge < -0.3 is 58.7 Å². The molecule has 0 amide bonds. The van der Waals surface area contributed by atoms with Crippen molar-refractivity contribution in [3.63, 3.8) is 0 Å². The van der Waals surface area contributed by atoms with Gasteiger partial charge in [0.15, 0.2) is 18.7 Å². The van der Waals surface area contributed by atoms with Gasteiger partial charge in [0.25, 0.3) is 0 Å². The molecule has 5 N–H and O–H groups in total. The van der Waals surface area contributed by atoms with Crippen LogP contribution in [0, 0.1) is 101 Å². The van der Waals surface area contributed by atoms with E-state index in [1.807, 2.05) is 0 Å². The molecule has 14 fully saturated rings. The smallest absolute Gasteiger partial charge is 0.303 e. The molecule has 21 heteroatoms. The van der Waals surface area contributed by atoms with Gasteiger partial charge in [-0.25, -0.2) is 16.8 Å². The van der Waals surface area contributed by atoms with Gasteiger partial charge in [-0.05, 0) is 221 Å². The van der Waals surface area contributed by atoms with E-state index in [1.54, 1.807) is 27.7 Å². The van der Waals surface area contributed by atoms with Gasteiger partial charge in [-0.2, -0.15) is 8.61 Å². The molecule has 0 aromatic carbocycles. The maximum absolute atomic E-state index is 12.5. The molecule has 4 saturated heterocycles. The molecular formula is C72H120N2O17S2. The molecule has 0 radical (unpaired) electrons. The van der Waals surface area contributed by atoms with Gasteiger partial charge in [0, 0.05) is 30.8 Å². The molecule has 19 nitrogen and oxygen atoms in total. The summed E-state index contributed by atoms with van der Waals surface area (Å²) in [6.07, 6.45) is 13.3. The standard InChI is InChI=1S/C37H61NO9S.C35H59NO8S/c1-21-18-23(31(33(5,6)41)45-22(2)39)46-29-28(21)34(7)14-15-37-20-36(37)13-12-26(47-27-19-38(16-17-44-27)48(9,42)43)32(3,4)24(36)10-11-25(37)35(34,8)30(29)40;1-20-17-21(28(37)31(4,5)39)43-27-26(20)32(6)13-14-35-19-34(35)12-11-24(44-25-18-36(15-16-42-25)45(8,40)41)30(2,3)22(34)9-10-23(35)33(32,7)29(27)38/h21,23-31,40-41H,10-20H2,1-9H3;20-29,37-39H,9-19H2,1-8H3/t21-,23?,24+,25+,26?,27+,28?,29?,30+,31+,34-,35-,36-,37?;20-,21?,22+,23+,24?,25+,26?,27?,28+,29+,32-,33-,34-,35?/m11/s1. The number of esters is 1. The van der Waals surface area contributed by atoms with Gasteiger partial charge in [-0.1, -0.05) is 69.2 Å². The van der Waals surface area contributed by atoms with Crippen LogP contribution in [-0.2, 0) is 58.0 Å². The molecule has 14 aliphatic rings. The van der Waals surface area contributed by atoms with E-state index in [0.29, 0.717) is 62.8 Å². The SMILES string of the molecule is CC(=O)O[C@@H](C1C[C@@H](C)C2C(O1)[C@H](O)[C@@]1(C)[C@@H]3CC[C@H]4C(C)(C)C(O[C@H]5CN(S(C)(=O)=O)CCO5)CC[C@@]45CC35CC[C@]21C)C(C)(C)O.C[C@@H]1CC([C@H](O)C(C)(C)O)OC2C1[C@@]1(C)CCC34C[C@@]35CCC(O[C@H]3CN(S(C)(=O)=O)CCO3)C(C)(C)[C@@H]5CC[C@H]4[C@]1(C)[C@H]2O. The highest BCUT2D eigenvalue weighted by Gasteiger charge is 2.87. The van der Waals surface area contributed by atoms with Gasteiger partial charge in [0.2, 0.25) is 20.0 Å². The van der Waals surface area contributed by atoms with Gasteiger partial charge in [0.05, 0.1) is 98.8 Å². The molecule has 4 aliphatic heterocycles. The topological polar surface area (TPSA) is 258 Å². The summed E-state index contributed by atoms with van der Waals surface area (Å²) in [5, 5.41) is 57.6. The number of rotatable bonds is 11. The third-order valence-corrected chi connectivity index (χ3v) is 34.0. The maximum Gasteiger partial charge on any atom is 0.303 e. The fourth-order valence-corrected chi connectivity index (χ4v) is 28.7. The summed E-state index contributed by atoms with van der Waals surface area (Å²) in [6, 6.07) is 0. The van der Waals surface area contributed by atoms with Crippen molar-refractivity contribution in [2.75, 3.05) is 51.9 Å². The lowest BCUT2D eigenvalue weighted by Gasteiger charge is -2.64. The van der Waals surface area contributed by atoms with Crippen LogP contribution in [0.3, 0.4) is 0 Å². The number of nitrogens with zero attached hydrogens (tertiary/aromatic N) is 2. The van der Waals surface area contributed by atoms with Gasteiger partial charge in [-0.15, -0.1) is 0 Å². The molecule has 4 heterocycles. The quantitative estimate of drug-likeness (QED) is 0.122. The molecular weight excluding hydrogens is 1230 g/mol. The number of ether oxygens (including phenoxy) is 7. The molecule has 10 aliphatic carbocycles. The first kappa shape index (κ1) is 70.3. The zero-order valence-corrected chi connectivity index (χ0v) is 61.1. The van der Waals surface area contributed by atoms with Crippen LogP contribution in [0.4, 0.5) is 0 Å². The Hall–Kier alpha value is -1.15. The van der Waals surface area contributed by atoms with Crippen molar-refractivity contribution in [2.24, 2.45) is 101 Å². The minimum Gasteiger partial charge on any atom is -0.457 e. The molecule has 93 heavy (non-hydrogen) atoms. The molecule has 532 valence electrons. The second-order valence-electron chi connectivity index (χ2n) is 37.0. The van der Waals surface area contributed by atoms with E-state index < -0.39 is 86.4 Å². The maximum atomic E-state index is 12.5. The van der Waals surface area contributed by atoms with E-state index in [0.717, 1.165) is 64.2 Å². The summed E-state index contributed by atoms with van der Waals surface area (Å²) in [5.74, 6) is 2.25. The number of hydrogen-bond donors (Lipinski definition) is 5. The number of morpholine rings is 2. The van der Waals surface area contributed by atoms with E-state index in [4.69, 9.17) is 33.2 Å². The largest absolute Gasteiger partial charge is 0.457 e. The number of carbonyl (C=O) groups is 1. The van der Waals surface area contributed by atoms with Crippen molar-refractivity contribution in [2.45, 2.75) is 291 Å². The molecule has 4 spiro atoms. The van der Waals surface area contributed by atoms with Crippen molar-refractivity contribution < 1.29 is 80.3 Å². The van der Waals surface area contributed by atoms with E-state index >= 15 is 0 Å². The van der Waals surface area contributed by atoms with Crippen LogP contribution >= 0.6 is 0 Å². The monoisotopic (exact) mass is 1350 g/mol. The lowest BCUT2D eigenvalue weighted by Crippen LogP contribution is -2.60. The van der Waals surface area contributed by atoms with Crippen LogP contribution in [0.1, 0.15) is 207 Å². The second-order valence-corrected chi connectivity index (χ2v) is 40.9. The molecule has 0 aromatic rings. The Morgan fingerprint density at radius 3 is 1.31 bits per heavy atom. The Morgan fingerprint density at radius 2 is 0.935 bits per heavy atom. The molecule has 14 rings (SSSR count). The van der Waals surface area contributed by atoms with Crippen LogP contribution < -0.4 is 0 Å². The number of sulfonamides is 2.